The van der Waals surface area contributed by atoms with Crippen LogP contribution in [0.5, 0.6) is 0 Å². The zero-order chi connectivity index (χ0) is 45.8. The van der Waals surface area contributed by atoms with Crippen molar-refractivity contribution < 1.29 is 28.6 Å². The molecule has 0 heterocycles. The van der Waals surface area contributed by atoms with Crippen LogP contribution in [0.1, 0.15) is 290 Å². The SMILES string of the molecule is CCCCCC/C=C\CCCCCCCCCC(=O)OC[C@H](COC(=O)CCCCCCC/C=C\CCCCCC)OC(=O)CCCCCCCCC/C=C\CCCCCCCC. The molecule has 0 unspecified atom stereocenters. The van der Waals surface area contributed by atoms with E-state index in [1.807, 2.05) is 0 Å². The van der Waals surface area contributed by atoms with Crippen molar-refractivity contribution in [3.8, 4) is 0 Å². The third-order valence-electron chi connectivity index (χ3n) is 12.1. The summed E-state index contributed by atoms with van der Waals surface area (Å²) >= 11 is 0. The molecule has 0 spiro atoms. The van der Waals surface area contributed by atoms with E-state index in [4.69, 9.17) is 14.2 Å². The number of esters is 3. The van der Waals surface area contributed by atoms with Crippen LogP contribution in [0.25, 0.3) is 0 Å². The molecule has 6 nitrogen and oxygen atoms in total. The van der Waals surface area contributed by atoms with Crippen LogP contribution >= 0.6 is 0 Å². The number of allylic oxidation sites excluding steroid dienone is 6. The van der Waals surface area contributed by atoms with Crippen molar-refractivity contribution in [2.45, 2.75) is 297 Å². The van der Waals surface area contributed by atoms with Gasteiger partial charge in [0.05, 0.1) is 0 Å². The fraction of sp³-hybridized carbons (Fsp3) is 0.842. The Morgan fingerprint density at radius 2 is 0.524 bits per heavy atom. The molecule has 0 N–H and O–H groups in total. The Balaban J connectivity index is 4.37. The fourth-order valence-electron chi connectivity index (χ4n) is 7.90. The number of hydrogen-bond acceptors (Lipinski definition) is 6. The van der Waals surface area contributed by atoms with Gasteiger partial charge < -0.3 is 14.2 Å². The maximum absolute atomic E-state index is 12.8. The van der Waals surface area contributed by atoms with Crippen LogP contribution in [0.3, 0.4) is 0 Å². The smallest absolute Gasteiger partial charge is 0.306 e. The summed E-state index contributed by atoms with van der Waals surface area (Å²) in [6.07, 6.45) is 61.2. The number of hydrogen-bond donors (Lipinski definition) is 0. The van der Waals surface area contributed by atoms with Gasteiger partial charge in [-0.2, -0.15) is 0 Å². The minimum Gasteiger partial charge on any atom is -0.462 e. The summed E-state index contributed by atoms with van der Waals surface area (Å²) in [7, 11) is 0. The van der Waals surface area contributed by atoms with Crippen molar-refractivity contribution in [3.63, 3.8) is 0 Å². The normalized spacial score (nSPS) is 12.2. The van der Waals surface area contributed by atoms with Crippen LogP contribution in [0.15, 0.2) is 36.5 Å². The van der Waals surface area contributed by atoms with Gasteiger partial charge in [-0.05, 0) is 96.3 Å². The Bertz CT molecular complexity index is 1060. The number of carbonyl (C=O) groups is 3. The summed E-state index contributed by atoms with van der Waals surface area (Å²) in [6.45, 7) is 6.62. The lowest BCUT2D eigenvalue weighted by atomic mass is 10.1. The standard InChI is InChI=1S/C57H104O6/c1-4-7-10-13-16-19-22-25-27-28-30-33-36-39-42-45-48-51-57(60)63-54(52-61-55(58)49-46-43-40-37-34-31-24-21-18-15-12-9-6-3)53-62-56(59)50-47-44-41-38-35-32-29-26-23-20-17-14-11-8-5-2/h20-21,23-25,27,54H,4-19,22,26,28-53H2,1-3H3/b23-20-,24-21-,27-25-/t54-/m0/s1. The molecular weight excluding hydrogens is 781 g/mol. The van der Waals surface area contributed by atoms with E-state index in [1.165, 1.54) is 186 Å². The molecule has 0 aliphatic carbocycles. The molecule has 0 amide bonds. The van der Waals surface area contributed by atoms with Gasteiger partial charge in [-0.25, -0.2) is 0 Å². The van der Waals surface area contributed by atoms with Crippen LogP contribution in [0.4, 0.5) is 0 Å². The van der Waals surface area contributed by atoms with E-state index in [1.54, 1.807) is 0 Å². The van der Waals surface area contributed by atoms with Crippen LogP contribution in [-0.2, 0) is 28.6 Å². The summed E-state index contributed by atoms with van der Waals surface area (Å²) in [5, 5.41) is 0. The van der Waals surface area contributed by atoms with E-state index >= 15 is 0 Å². The highest BCUT2D eigenvalue weighted by Crippen LogP contribution is 2.15. The second kappa shape index (κ2) is 52.3. The van der Waals surface area contributed by atoms with Gasteiger partial charge >= 0.3 is 17.9 Å². The van der Waals surface area contributed by atoms with Crippen LogP contribution < -0.4 is 0 Å². The van der Waals surface area contributed by atoms with Gasteiger partial charge in [0.15, 0.2) is 6.10 Å². The van der Waals surface area contributed by atoms with E-state index in [-0.39, 0.29) is 31.1 Å². The molecule has 0 radical (unpaired) electrons. The van der Waals surface area contributed by atoms with Crippen molar-refractivity contribution in [1.82, 2.24) is 0 Å². The van der Waals surface area contributed by atoms with Crippen molar-refractivity contribution in [3.05, 3.63) is 36.5 Å². The van der Waals surface area contributed by atoms with Crippen LogP contribution in [0.2, 0.25) is 0 Å². The highest BCUT2D eigenvalue weighted by molar-refractivity contribution is 5.71. The molecular formula is C57H104O6. The van der Waals surface area contributed by atoms with Gasteiger partial charge in [0.25, 0.3) is 0 Å². The van der Waals surface area contributed by atoms with Crippen molar-refractivity contribution >= 4 is 17.9 Å². The third-order valence-corrected chi connectivity index (χ3v) is 12.1. The van der Waals surface area contributed by atoms with E-state index in [0.717, 1.165) is 64.2 Å². The maximum atomic E-state index is 12.8. The quantitative estimate of drug-likeness (QED) is 0.0262. The van der Waals surface area contributed by atoms with Crippen molar-refractivity contribution in [1.29, 1.82) is 0 Å². The summed E-state index contributed by atoms with van der Waals surface area (Å²) in [6, 6.07) is 0. The van der Waals surface area contributed by atoms with Crippen molar-refractivity contribution in [2.75, 3.05) is 13.2 Å². The second-order valence-corrected chi connectivity index (χ2v) is 18.5. The maximum Gasteiger partial charge on any atom is 0.306 e. The first-order valence-electron chi connectivity index (χ1n) is 27.5. The van der Waals surface area contributed by atoms with Crippen LogP contribution in [0, 0.1) is 0 Å². The van der Waals surface area contributed by atoms with Gasteiger partial charge in [0.1, 0.15) is 13.2 Å². The zero-order valence-electron chi connectivity index (χ0n) is 42.1. The molecule has 6 heteroatoms. The third kappa shape index (κ3) is 50.5. The highest BCUT2D eigenvalue weighted by Gasteiger charge is 2.19. The second-order valence-electron chi connectivity index (χ2n) is 18.5. The van der Waals surface area contributed by atoms with Gasteiger partial charge in [-0.15, -0.1) is 0 Å². The molecule has 0 rings (SSSR count). The first-order chi connectivity index (χ1) is 31.0. The minimum atomic E-state index is -0.777. The molecule has 63 heavy (non-hydrogen) atoms. The predicted molar refractivity (Wildman–Crippen MR) is 270 cm³/mol. The molecule has 0 aromatic rings. The molecule has 368 valence electrons. The Labute approximate surface area is 391 Å². The molecule has 0 aliphatic heterocycles. The Hall–Kier alpha value is -2.37. The average molecular weight is 885 g/mol. The Kier molecular flexibility index (Phi) is 50.3. The van der Waals surface area contributed by atoms with E-state index in [9.17, 15) is 14.4 Å². The van der Waals surface area contributed by atoms with Gasteiger partial charge in [0.2, 0.25) is 0 Å². The zero-order valence-corrected chi connectivity index (χ0v) is 42.1. The lowest BCUT2D eigenvalue weighted by Crippen LogP contribution is -2.30. The Morgan fingerprint density at radius 1 is 0.302 bits per heavy atom. The molecule has 0 aromatic heterocycles. The molecule has 0 aromatic carbocycles. The molecule has 0 saturated heterocycles. The van der Waals surface area contributed by atoms with Gasteiger partial charge in [-0.1, -0.05) is 211 Å². The first-order valence-corrected chi connectivity index (χ1v) is 27.5. The summed E-state index contributed by atoms with van der Waals surface area (Å²) in [4.78, 5) is 38.0. The monoisotopic (exact) mass is 885 g/mol. The lowest BCUT2D eigenvalue weighted by molar-refractivity contribution is -0.167. The molecule has 0 aliphatic rings. The summed E-state index contributed by atoms with van der Waals surface area (Å²) < 4.78 is 16.8. The topological polar surface area (TPSA) is 78.9 Å². The molecule has 1 atom stereocenters. The lowest BCUT2D eigenvalue weighted by Gasteiger charge is -2.18. The summed E-state index contributed by atoms with van der Waals surface area (Å²) in [5.41, 5.74) is 0. The number of unbranched alkanes of at least 4 members (excludes halogenated alkanes) is 33. The van der Waals surface area contributed by atoms with E-state index in [0.29, 0.717) is 19.3 Å². The minimum absolute atomic E-state index is 0.0769. The summed E-state index contributed by atoms with van der Waals surface area (Å²) in [5.74, 6) is -0.882. The van der Waals surface area contributed by atoms with E-state index in [2.05, 4.69) is 57.2 Å². The van der Waals surface area contributed by atoms with E-state index < -0.39 is 6.10 Å². The number of ether oxygens (including phenoxy) is 3. The number of carbonyl (C=O) groups excluding carboxylic acids is 3. The highest BCUT2D eigenvalue weighted by atomic mass is 16.6. The molecule has 0 bridgehead atoms. The van der Waals surface area contributed by atoms with Crippen LogP contribution in [-0.4, -0.2) is 37.2 Å². The molecule has 0 saturated carbocycles. The average Bonchev–Trinajstić information content (AvgIpc) is 3.28. The largest absolute Gasteiger partial charge is 0.462 e. The Morgan fingerprint density at radius 3 is 0.810 bits per heavy atom. The van der Waals surface area contributed by atoms with Crippen molar-refractivity contribution in [2.24, 2.45) is 0 Å². The predicted octanol–water partition coefficient (Wildman–Crippen LogP) is 18.1. The number of rotatable bonds is 50. The fourth-order valence-corrected chi connectivity index (χ4v) is 7.90. The molecule has 0 fully saturated rings. The first kappa shape index (κ1) is 60.6. The van der Waals surface area contributed by atoms with Gasteiger partial charge in [0, 0.05) is 19.3 Å². The van der Waals surface area contributed by atoms with Gasteiger partial charge in [-0.3, -0.25) is 14.4 Å².